The van der Waals surface area contributed by atoms with Gasteiger partial charge in [0.15, 0.2) is 0 Å². The van der Waals surface area contributed by atoms with E-state index in [9.17, 15) is 9.59 Å². The van der Waals surface area contributed by atoms with Crippen molar-refractivity contribution in [2.45, 2.75) is 83.8 Å². The number of methoxy groups -OCH3 is 1. The van der Waals surface area contributed by atoms with E-state index in [1.54, 1.807) is 0 Å². The van der Waals surface area contributed by atoms with Gasteiger partial charge in [0.1, 0.15) is 0 Å². The third kappa shape index (κ3) is 4.46. The van der Waals surface area contributed by atoms with Crippen molar-refractivity contribution in [1.82, 2.24) is 0 Å². The van der Waals surface area contributed by atoms with Gasteiger partial charge in [-0.3, -0.25) is 4.79 Å². The largest absolute Gasteiger partial charge is 0.514 e. The third-order valence-corrected chi connectivity index (χ3v) is 11.1. The van der Waals surface area contributed by atoms with Crippen molar-refractivity contribution in [2.24, 2.45) is 0 Å². The number of esters is 1. The van der Waals surface area contributed by atoms with Gasteiger partial charge in [-0.25, -0.2) is 4.79 Å². The molecule has 23 heavy (non-hydrogen) atoms. The molecule has 0 saturated carbocycles. The molecule has 0 spiro atoms. The van der Waals surface area contributed by atoms with Crippen molar-refractivity contribution in [3.8, 4) is 0 Å². The Bertz CT molecular complexity index is 437. The first-order valence-electron chi connectivity index (χ1n) is 7.99. The fourth-order valence-electron chi connectivity index (χ4n) is 4.36. The standard InChI is InChI=1S/C18H34O4Si/c1-13(12-14(19)21-11)15(20)22-23(16(2,3)4,17(5,6)7)18(8,9)10/h1,12H2,2-11H3. The summed E-state index contributed by atoms with van der Waals surface area (Å²) in [6.07, 6.45) is -0.141. The molecule has 0 aromatic rings. The fraction of sp³-hybridized carbons (Fsp3) is 0.778. The Hall–Kier alpha value is -1.10. The highest BCUT2D eigenvalue weighted by atomic mass is 28.4. The SMILES string of the molecule is C=C(CC(=O)OC)C(=O)O[Si](C(C)(C)C)(C(C)(C)C)C(C)(C)C. The Kier molecular flexibility index (Phi) is 6.47. The molecule has 0 rings (SSSR count). The van der Waals surface area contributed by atoms with E-state index in [2.05, 4.69) is 73.6 Å². The summed E-state index contributed by atoms with van der Waals surface area (Å²) >= 11 is 0. The molecule has 4 nitrogen and oxygen atoms in total. The molecule has 0 N–H and O–H groups in total. The molecule has 0 fully saturated rings. The summed E-state index contributed by atoms with van der Waals surface area (Å²) in [5.41, 5.74) is 0.145. The Morgan fingerprint density at radius 1 is 0.870 bits per heavy atom. The molecular formula is C18H34O4Si. The molecule has 0 radical (unpaired) electrons. The number of carbonyl (C=O) groups is 2. The molecule has 0 amide bonds. The van der Waals surface area contributed by atoms with Gasteiger partial charge in [0, 0.05) is 5.57 Å². The smallest absolute Gasteiger partial charge is 0.320 e. The number of hydrogen-bond donors (Lipinski definition) is 0. The molecule has 0 aliphatic rings. The summed E-state index contributed by atoms with van der Waals surface area (Å²) in [7, 11) is -1.36. The van der Waals surface area contributed by atoms with Crippen LogP contribution in [0.4, 0.5) is 0 Å². The Morgan fingerprint density at radius 3 is 1.48 bits per heavy atom. The van der Waals surface area contributed by atoms with Crippen LogP contribution < -0.4 is 0 Å². The highest BCUT2D eigenvalue weighted by molar-refractivity contribution is 6.83. The van der Waals surface area contributed by atoms with Gasteiger partial charge in [0.25, 0.3) is 8.32 Å². The monoisotopic (exact) mass is 342 g/mol. The van der Waals surface area contributed by atoms with Crippen LogP contribution in [-0.2, 0) is 18.8 Å². The maximum Gasteiger partial charge on any atom is 0.320 e. The van der Waals surface area contributed by atoms with E-state index in [-0.39, 0.29) is 27.1 Å². The van der Waals surface area contributed by atoms with Crippen molar-refractivity contribution < 1.29 is 18.8 Å². The maximum absolute atomic E-state index is 12.7. The summed E-state index contributed by atoms with van der Waals surface area (Å²) in [6.45, 7) is 22.9. The minimum Gasteiger partial charge on any atom is -0.514 e. The zero-order valence-corrected chi connectivity index (χ0v) is 17.5. The number of rotatable bonds is 4. The molecule has 134 valence electrons. The first-order chi connectivity index (χ1) is 10.0. The quantitative estimate of drug-likeness (QED) is 0.410. The lowest BCUT2D eigenvalue weighted by molar-refractivity contribution is -0.142. The van der Waals surface area contributed by atoms with E-state index in [1.807, 2.05) is 0 Å². The second-order valence-electron chi connectivity index (χ2n) is 9.18. The van der Waals surface area contributed by atoms with Crippen LogP contribution in [0, 0.1) is 0 Å². The summed E-state index contributed by atoms with van der Waals surface area (Å²) in [6, 6.07) is 0. The summed E-state index contributed by atoms with van der Waals surface area (Å²) in [5.74, 6) is -0.969. The lowest BCUT2D eigenvalue weighted by atomic mass is 10.2. The third-order valence-electron chi connectivity index (χ3n) is 4.29. The highest BCUT2D eigenvalue weighted by Crippen LogP contribution is 2.62. The van der Waals surface area contributed by atoms with Crippen LogP contribution in [-0.4, -0.2) is 27.4 Å². The lowest BCUT2D eigenvalue weighted by Gasteiger charge is -2.56. The van der Waals surface area contributed by atoms with E-state index in [0.717, 1.165) is 0 Å². The van der Waals surface area contributed by atoms with E-state index in [4.69, 9.17) is 4.43 Å². The van der Waals surface area contributed by atoms with Gasteiger partial charge >= 0.3 is 11.9 Å². The first kappa shape index (κ1) is 21.9. The predicted octanol–water partition coefficient (Wildman–Crippen LogP) is 4.99. The normalized spacial score (nSPS) is 13.5. The van der Waals surface area contributed by atoms with Crippen LogP contribution in [0.25, 0.3) is 0 Å². The Morgan fingerprint density at radius 2 is 1.22 bits per heavy atom. The molecule has 0 aromatic heterocycles. The van der Waals surface area contributed by atoms with E-state index < -0.39 is 20.3 Å². The van der Waals surface area contributed by atoms with Gasteiger partial charge in [-0.05, 0) is 15.1 Å². The lowest BCUT2D eigenvalue weighted by Crippen LogP contribution is -2.61. The molecular weight excluding hydrogens is 308 g/mol. The average molecular weight is 343 g/mol. The molecule has 0 aliphatic heterocycles. The zero-order valence-electron chi connectivity index (χ0n) is 16.5. The molecule has 0 heterocycles. The first-order valence-corrected chi connectivity index (χ1v) is 9.90. The molecule has 0 aliphatic carbocycles. The van der Waals surface area contributed by atoms with Crippen molar-refractivity contribution in [3.05, 3.63) is 12.2 Å². The second kappa shape index (κ2) is 6.79. The fourth-order valence-corrected chi connectivity index (χ4v) is 12.5. The Balaban J connectivity index is 5.89. The number of carbonyl (C=O) groups excluding carboxylic acids is 2. The maximum atomic E-state index is 12.7. The number of hydrogen-bond acceptors (Lipinski definition) is 4. The van der Waals surface area contributed by atoms with Crippen LogP contribution in [0.3, 0.4) is 0 Å². The zero-order chi connectivity index (χ0) is 18.9. The van der Waals surface area contributed by atoms with Crippen LogP contribution in [0.15, 0.2) is 12.2 Å². The van der Waals surface area contributed by atoms with Crippen LogP contribution in [0.1, 0.15) is 68.7 Å². The second-order valence-corrected chi connectivity index (χ2v) is 15.2. The molecule has 5 heteroatoms. The van der Waals surface area contributed by atoms with Crippen LogP contribution in [0.5, 0.6) is 0 Å². The van der Waals surface area contributed by atoms with Crippen molar-refractivity contribution in [2.75, 3.05) is 7.11 Å². The van der Waals surface area contributed by atoms with Gasteiger partial charge in [0.2, 0.25) is 0 Å². The minimum absolute atomic E-state index is 0.141. The topological polar surface area (TPSA) is 52.6 Å². The van der Waals surface area contributed by atoms with Gasteiger partial charge < -0.3 is 9.16 Å². The van der Waals surface area contributed by atoms with E-state index in [0.29, 0.717) is 0 Å². The van der Waals surface area contributed by atoms with Gasteiger partial charge in [-0.2, -0.15) is 0 Å². The molecule has 0 aromatic carbocycles. The summed E-state index contributed by atoms with van der Waals surface area (Å²) in [5, 5.41) is -0.528. The minimum atomic E-state index is -2.65. The highest BCUT2D eigenvalue weighted by Gasteiger charge is 2.64. The molecule has 0 saturated heterocycles. The molecule has 0 unspecified atom stereocenters. The molecule has 0 bridgehead atoms. The van der Waals surface area contributed by atoms with E-state index in [1.165, 1.54) is 7.11 Å². The van der Waals surface area contributed by atoms with Gasteiger partial charge in [-0.15, -0.1) is 0 Å². The van der Waals surface area contributed by atoms with Crippen molar-refractivity contribution in [1.29, 1.82) is 0 Å². The van der Waals surface area contributed by atoms with Crippen molar-refractivity contribution >= 4 is 20.3 Å². The Labute approximate surface area is 142 Å². The van der Waals surface area contributed by atoms with Gasteiger partial charge in [-0.1, -0.05) is 68.9 Å². The van der Waals surface area contributed by atoms with Crippen LogP contribution >= 0.6 is 0 Å². The number of ether oxygens (including phenoxy) is 1. The van der Waals surface area contributed by atoms with Crippen molar-refractivity contribution in [3.63, 3.8) is 0 Å². The summed E-state index contributed by atoms with van der Waals surface area (Å²) in [4.78, 5) is 24.1. The predicted molar refractivity (Wildman–Crippen MR) is 96.8 cm³/mol. The van der Waals surface area contributed by atoms with E-state index >= 15 is 0 Å². The average Bonchev–Trinajstić information content (AvgIpc) is 2.30. The molecule has 0 atom stereocenters. The summed E-state index contributed by atoms with van der Waals surface area (Å²) < 4.78 is 10.8. The van der Waals surface area contributed by atoms with Crippen LogP contribution in [0.2, 0.25) is 15.1 Å². The van der Waals surface area contributed by atoms with Gasteiger partial charge in [0.05, 0.1) is 13.5 Å².